The molecule has 0 aromatic heterocycles. The van der Waals surface area contributed by atoms with E-state index in [1.807, 2.05) is 0 Å². The van der Waals surface area contributed by atoms with Crippen molar-refractivity contribution >= 4 is 5.91 Å². The van der Waals surface area contributed by atoms with Crippen molar-refractivity contribution in [2.75, 3.05) is 13.6 Å². The summed E-state index contributed by atoms with van der Waals surface area (Å²) >= 11 is 0. The molecule has 0 radical (unpaired) electrons. The normalized spacial score (nSPS) is 24.9. The topological polar surface area (TPSA) is 78.6 Å². The van der Waals surface area contributed by atoms with Gasteiger partial charge in [-0.1, -0.05) is 12.8 Å². The van der Waals surface area contributed by atoms with E-state index in [4.69, 9.17) is 5.84 Å². The van der Waals surface area contributed by atoms with Gasteiger partial charge >= 0.3 is 0 Å². The summed E-state index contributed by atoms with van der Waals surface area (Å²) in [6, 6.07) is 0.298. The minimum atomic E-state index is -0.180. The SMILES string of the molecule is CN(CCCCC(=O)NN)C1CCCCC1O. The predicted molar refractivity (Wildman–Crippen MR) is 67.1 cm³/mol. The third-order valence-electron chi connectivity index (χ3n) is 3.59. The molecule has 1 amide bonds. The highest BCUT2D eigenvalue weighted by molar-refractivity contribution is 5.75. The first-order chi connectivity index (χ1) is 8.15. The lowest BCUT2D eigenvalue weighted by Gasteiger charge is -2.35. The number of amides is 1. The molecule has 0 heterocycles. The van der Waals surface area contributed by atoms with Gasteiger partial charge in [-0.3, -0.25) is 10.2 Å². The molecule has 1 aliphatic rings. The smallest absolute Gasteiger partial charge is 0.233 e. The molecule has 0 aliphatic heterocycles. The second-order valence-corrected chi connectivity index (χ2v) is 4.92. The molecule has 1 rings (SSSR count). The van der Waals surface area contributed by atoms with Crippen LogP contribution in [0.5, 0.6) is 0 Å². The molecule has 0 spiro atoms. The van der Waals surface area contributed by atoms with Crippen LogP contribution in [-0.2, 0) is 4.79 Å². The highest BCUT2D eigenvalue weighted by Crippen LogP contribution is 2.22. The maximum absolute atomic E-state index is 10.9. The van der Waals surface area contributed by atoms with E-state index in [9.17, 15) is 9.90 Å². The Hall–Kier alpha value is -0.650. The zero-order valence-electron chi connectivity index (χ0n) is 10.7. The molecule has 1 saturated carbocycles. The maximum atomic E-state index is 10.9. The van der Waals surface area contributed by atoms with Crippen molar-refractivity contribution < 1.29 is 9.90 Å². The van der Waals surface area contributed by atoms with Crippen molar-refractivity contribution in [3.63, 3.8) is 0 Å². The van der Waals surface area contributed by atoms with E-state index in [-0.39, 0.29) is 12.0 Å². The fourth-order valence-electron chi connectivity index (χ4n) is 2.49. The molecule has 5 nitrogen and oxygen atoms in total. The summed E-state index contributed by atoms with van der Waals surface area (Å²) in [5, 5.41) is 9.90. The molecular weight excluding hydrogens is 218 g/mol. The Balaban J connectivity index is 2.15. The van der Waals surface area contributed by atoms with Crippen LogP contribution in [0.3, 0.4) is 0 Å². The molecule has 100 valence electrons. The second-order valence-electron chi connectivity index (χ2n) is 4.92. The van der Waals surface area contributed by atoms with Crippen LogP contribution < -0.4 is 11.3 Å². The number of carbonyl (C=O) groups excluding carboxylic acids is 1. The van der Waals surface area contributed by atoms with Crippen LogP contribution >= 0.6 is 0 Å². The summed E-state index contributed by atoms with van der Waals surface area (Å²) < 4.78 is 0. The zero-order valence-corrected chi connectivity index (χ0v) is 10.7. The van der Waals surface area contributed by atoms with Gasteiger partial charge in [0.1, 0.15) is 0 Å². The Bertz CT molecular complexity index is 236. The molecule has 0 aromatic rings. The van der Waals surface area contributed by atoms with Gasteiger partial charge < -0.3 is 10.0 Å². The van der Waals surface area contributed by atoms with Gasteiger partial charge in [0.05, 0.1) is 6.10 Å². The van der Waals surface area contributed by atoms with E-state index < -0.39 is 0 Å². The van der Waals surface area contributed by atoms with Gasteiger partial charge in [0, 0.05) is 12.5 Å². The quantitative estimate of drug-likeness (QED) is 0.273. The average Bonchev–Trinajstić information content (AvgIpc) is 2.34. The summed E-state index contributed by atoms with van der Waals surface area (Å²) in [4.78, 5) is 13.1. The van der Waals surface area contributed by atoms with Crippen LogP contribution in [0.4, 0.5) is 0 Å². The van der Waals surface area contributed by atoms with Crippen molar-refractivity contribution in [3.05, 3.63) is 0 Å². The van der Waals surface area contributed by atoms with Crippen LogP contribution in [0.25, 0.3) is 0 Å². The fraction of sp³-hybridized carbons (Fsp3) is 0.917. The van der Waals surface area contributed by atoms with Gasteiger partial charge in [-0.05, 0) is 39.3 Å². The first-order valence-corrected chi connectivity index (χ1v) is 6.53. The third kappa shape index (κ3) is 5.02. The van der Waals surface area contributed by atoms with E-state index in [0.29, 0.717) is 12.5 Å². The van der Waals surface area contributed by atoms with E-state index in [0.717, 1.165) is 38.6 Å². The number of aliphatic hydroxyl groups is 1. The summed E-state index contributed by atoms with van der Waals surface area (Å²) in [7, 11) is 2.06. The van der Waals surface area contributed by atoms with Crippen molar-refractivity contribution in [2.24, 2.45) is 5.84 Å². The van der Waals surface area contributed by atoms with Crippen molar-refractivity contribution in [1.29, 1.82) is 0 Å². The number of nitrogens with one attached hydrogen (secondary N) is 1. The molecule has 0 bridgehead atoms. The van der Waals surface area contributed by atoms with Gasteiger partial charge in [-0.2, -0.15) is 0 Å². The first-order valence-electron chi connectivity index (χ1n) is 6.53. The predicted octanol–water partition coefficient (Wildman–Crippen LogP) is 0.382. The lowest BCUT2D eigenvalue weighted by molar-refractivity contribution is -0.121. The number of aliphatic hydroxyl groups excluding tert-OH is 1. The highest BCUT2D eigenvalue weighted by atomic mass is 16.3. The Morgan fingerprint density at radius 1 is 1.41 bits per heavy atom. The van der Waals surface area contributed by atoms with E-state index in [2.05, 4.69) is 17.4 Å². The Morgan fingerprint density at radius 3 is 2.76 bits per heavy atom. The number of hydrogen-bond acceptors (Lipinski definition) is 4. The summed E-state index contributed by atoms with van der Waals surface area (Å²) in [6.07, 6.45) is 6.47. The number of unbranched alkanes of at least 4 members (excludes halogenated alkanes) is 1. The van der Waals surface area contributed by atoms with Crippen LogP contribution in [-0.4, -0.2) is 41.7 Å². The van der Waals surface area contributed by atoms with Crippen LogP contribution in [0.15, 0.2) is 0 Å². The molecule has 0 saturated heterocycles. The Morgan fingerprint density at radius 2 is 2.12 bits per heavy atom. The zero-order chi connectivity index (χ0) is 12.7. The average molecular weight is 243 g/mol. The van der Waals surface area contributed by atoms with Gasteiger partial charge in [0.25, 0.3) is 0 Å². The van der Waals surface area contributed by atoms with Gasteiger partial charge in [-0.25, -0.2) is 5.84 Å². The number of hydrogen-bond donors (Lipinski definition) is 3. The number of hydrazine groups is 1. The minimum absolute atomic E-state index is 0.106. The second kappa shape index (κ2) is 7.63. The Kier molecular flexibility index (Phi) is 6.47. The molecule has 5 heteroatoms. The molecule has 1 fully saturated rings. The molecule has 2 atom stereocenters. The van der Waals surface area contributed by atoms with E-state index in [1.165, 1.54) is 6.42 Å². The van der Waals surface area contributed by atoms with Crippen molar-refractivity contribution in [1.82, 2.24) is 10.3 Å². The maximum Gasteiger partial charge on any atom is 0.233 e. The standard InChI is InChI=1S/C12H25N3O2/c1-15(9-5-4-8-12(17)14-13)10-6-2-3-7-11(10)16/h10-11,16H,2-9,13H2,1H3,(H,14,17). The van der Waals surface area contributed by atoms with E-state index in [1.54, 1.807) is 0 Å². The molecule has 4 N–H and O–H groups in total. The molecule has 17 heavy (non-hydrogen) atoms. The molecule has 1 aliphatic carbocycles. The highest BCUT2D eigenvalue weighted by Gasteiger charge is 2.25. The molecule has 2 unspecified atom stereocenters. The van der Waals surface area contributed by atoms with Gasteiger partial charge in [0.15, 0.2) is 0 Å². The van der Waals surface area contributed by atoms with E-state index >= 15 is 0 Å². The lowest BCUT2D eigenvalue weighted by atomic mass is 9.91. The van der Waals surface area contributed by atoms with Gasteiger partial charge in [0.2, 0.25) is 5.91 Å². The Labute approximate surface area is 103 Å². The summed E-state index contributed by atoms with van der Waals surface area (Å²) in [5.74, 6) is 4.90. The number of likely N-dealkylation sites (N-methyl/N-ethyl adjacent to an activating group) is 1. The fourth-order valence-corrected chi connectivity index (χ4v) is 2.49. The monoisotopic (exact) mass is 243 g/mol. The summed E-state index contributed by atoms with van der Waals surface area (Å²) in [6.45, 7) is 0.930. The van der Waals surface area contributed by atoms with Crippen molar-refractivity contribution in [2.45, 2.75) is 57.1 Å². The summed E-state index contributed by atoms with van der Waals surface area (Å²) in [5.41, 5.74) is 2.13. The first kappa shape index (κ1) is 14.4. The lowest BCUT2D eigenvalue weighted by Crippen LogP contribution is -2.43. The number of carbonyl (C=O) groups is 1. The van der Waals surface area contributed by atoms with Crippen LogP contribution in [0, 0.1) is 0 Å². The number of nitrogens with zero attached hydrogens (tertiary/aromatic N) is 1. The third-order valence-corrected chi connectivity index (χ3v) is 3.59. The van der Waals surface area contributed by atoms with Crippen LogP contribution in [0.2, 0.25) is 0 Å². The largest absolute Gasteiger partial charge is 0.391 e. The minimum Gasteiger partial charge on any atom is -0.391 e. The van der Waals surface area contributed by atoms with Crippen LogP contribution in [0.1, 0.15) is 44.9 Å². The molecular formula is C12H25N3O2. The number of rotatable bonds is 6. The number of nitrogens with two attached hydrogens (primary N) is 1. The van der Waals surface area contributed by atoms with Gasteiger partial charge in [-0.15, -0.1) is 0 Å². The molecule has 0 aromatic carbocycles. The van der Waals surface area contributed by atoms with Crippen molar-refractivity contribution in [3.8, 4) is 0 Å².